The van der Waals surface area contributed by atoms with Crippen LogP contribution in [0.15, 0.2) is 43.0 Å². The van der Waals surface area contributed by atoms with Crippen LogP contribution in [-0.4, -0.2) is 43.4 Å². The number of fused-ring (bicyclic) bond motifs is 1. The zero-order valence-corrected chi connectivity index (χ0v) is 20.4. The highest BCUT2D eigenvalue weighted by Crippen LogP contribution is 2.31. The number of benzene rings is 1. The van der Waals surface area contributed by atoms with Crippen molar-refractivity contribution < 1.29 is 19.1 Å². The van der Waals surface area contributed by atoms with Crippen molar-refractivity contribution in [2.75, 3.05) is 16.0 Å². The van der Waals surface area contributed by atoms with Gasteiger partial charge in [-0.1, -0.05) is 22.9 Å². The lowest BCUT2D eigenvalue weighted by molar-refractivity contribution is -0.114. The second kappa shape index (κ2) is 10.1. The Hall–Kier alpha value is -4.03. The van der Waals surface area contributed by atoms with E-state index in [4.69, 9.17) is 16.3 Å². The molecule has 0 radical (unpaired) electrons. The van der Waals surface area contributed by atoms with Gasteiger partial charge in [0.1, 0.15) is 4.88 Å². The van der Waals surface area contributed by atoms with Gasteiger partial charge >= 0.3 is 6.09 Å². The van der Waals surface area contributed by atoms with Gasteiger partial charge in [-0.05, 0) is 32.0 Å². The summed E-state index contributed by atoms with van der Waals surface area (Å²) in [5.74, 6) is -0.259. The van der Waals surface area contributed by atoms with Crippen molar-refractivity contribution in [3.8, 4) is 11.3 Å². The maximum absolute atomic E-state index is 12.6. The van der Waals surface area contributed by atoms with Crippen LogP contribution in [0.2, 0.25) is 5.02 Å². The van der Waals surface area contributed by atoms with Crippen LogP contribution in [0.5, 0.6) is 0 Å². The molecule has 0 bridgehead atoms. The molecule has 3 amide bonds. The van der Waals surface area contributed by atoms with E-state index in [1.807, 2.05) is 0 Å². The molecule has 3 N–H and O–H groups in total. The van der Waals surface area contributed by atoms with Crippen LogP contribution in [-0.2, 0) is 9.53 Å². The van der Waals surface area contributed by atoms with E-state index < -0.39 is 6.09 Å². The van der Waals surface area contributed by atoms with Crippen LogP contribution in [0.1, 0.15) is 30.4 Å². The molecule has 3 aromatic heterocycles. The highest BCUT2D eigenvalue weighted by molar-refractivity contribution is 7.17. The predicted molar refractivity (Wildman–Crippen MR) is 133 cm³/mol. The second-order valence-corrected chi connectivity index (χ2v) is 9.05. The van der Waals surface area contributed by atoms with E-state index in [1.165, 1.54) is 19.3 Å². The predicted octanol–water partition coefficient (Wildman–Crippen LogP) is 4.67. The van der Waals surface area contributed by atoms with E-state index >= 15 is 0 Å². The number of thiazole rings is 1. The molecule has 0 aliphatic rings. The van der Waals surface area contributed by atoms with Crippen molar-refractivity contribution in [3.63, 3.8) is 0 Å². The first-order valence-electron chi connectivity index (χ1n) is 10.3. The molecule has 0 fully saturated rings. The standard InChI is InChI=1S/C22H20ClN7O4S/c1-11(2)34-22(33)28-14-7-24-20-29-17(10-30(20)9-14)15-6-13(4-5-16(15)23)27-19(32)18-8-25-21(35-18)26-12(3)31/h4-11H,1-3H3,(H,27,32)(H,28,33)(H,25,26,31). The summed E-state index contributed by atoms with van der Waals surface area (Å²) >= 11 is 7.47. The molecular weight excluding hydrogens is 494 g/mol. The average molecular weight is 514 g/mol. The van der Waals surface area contributed by atoms with Crippen LogP contribution < -0.4 is 16.0 Å². The maximum Gasteiger partial charge on any atom is 0.411 e. The number of nitrogens with one attached hydrogen (secondary N) is 3. The maximum atomic E-state index is 12.6. The minimum absolute atomic E-state index is 0.253. The highest BCUT2D eigenvalue weighted by atomic mass is 35.5. The molecule has 180 valence electrons. The first kappa shape index (κ1) is 24.1. The van der Waals surface area contributed by atoms with E-state index in [1.54, 1.807) is 48.8 Å². The molecule has 35 heavy (non-hydrogen) atoms. The number of amides is 3. The average Bonchev–Trinajstić information content (AvgIpc) is 3.40. The van der Waals surface area contributed by atoms with Crippen LogP contribution in [0.25, 0.3) is 17.0 Å². The first-order chi connectivity index (χ1) is 16.7. The minimum Gasteiger partial charge on any atom is -0.447 e. The Morgan fingerprint density at radius 1 is 1.06 bits per heavy atom. The lowest BCUT2D eigenvalue weighted by atomic mass is 10.1. The second-order valence-electron chi connectivity index (χ2n) is 7.61. The lowest BCUT2D eigenvalue weighted by Gasteiger charge is -2.09. The van der Waals surface area contributed by atoms with Gasteiger partial charge in [-0.15, -0.1) is 0 Å². The van der Waals surface area contributed by atoms with Crippen molar-refractivity contribution >= 4 is 63.1 Å². The molecule has 0 saturated carbocycles. The van der Waals surface area contributed by atoms with Gasteiger partial charge in [0.2, 0.25) is 11.7 Å². The largest absolute Gasteiger partial charge is 0.447 e. The van der Waals surface area contributed by atoms with Gasteiger partial charge in [-0.2, -0.15) is 0 Å². The third-order valence-electron chi connectivity index (χ3n) is 4.41. The summed E-state index contributed by atoms with van der Waals surface area (Å²) in [6, 6.07) is 5.00. The molecule has 4 aromatic rings. The number of rotatable bonds is 6. The Bertz CT molecular complexity index is 1430. The fourth-order valence-corrected chi connectivity index (χ4v) is 3.99. The monoisotopic (exact) mass is 513 g/mol. The molecule has 0 saturated heterocycles. The summed E-state index contributed by atoms with van der Waals surface area (Å²) < 4.78 is 6.72. The topological polar surface area (TPSA) is 140 Å². The van der Waals surface area contributed by atoms with Crippen molar-refractivity contribution in [1.29, 1.82) is 0 Å². The number of ether oxygens (including phenoxy) is 1. The van der Waals surface area contributed by atoms with Gasteiger partial charge < -0.3 is 15.4 Å². The Kier molecular flexibility index (Phi) is 6.94. The highest BCUT2D eigenvalue weighted by Gasteiger charge is 2.15. The van der Waals surface area contributed by atoms with Gasteiger partial charge in [0.25, 0.3) is 5.91 Å². The Balaban J connectivity index is 1.54. The van der Waals surface area contributed by atoms with Gasteiger partial charge in [-0.3, -0.25) is 19.3 Å². The van der Waals surface area contributed by atoms with Gasteiger partial charge in [0.05, 0.1) is 34.9 Å². The Morgan fingerprint density at radius 3 is 2.60 bits per heavy atom. The fraction of sp³-hybridized carbons (Fsp3) is 0.182. The van der Waals surface area contributed by atoms with E-state index in [0.29, 0.717) is 43.4 Å². The van der Waals surface area contributed by atoms with Crippen LogP contribution in [0.3, 0.4) is 0 Å². The molecule has 3 heterocycles. The Labute approximate surface area is 208 Å². The molecule has 0 aliphatic heterocycles. The van der Waals surface area contributed by atoms with Crippen LogP contribution in [0.4, 0.5) is 21.3 Å². The molecule has 0 atom stereocenters. The van der Waals surface area contributed by atoms with Gasteiger partial charge in [0, 0.05) is 30.6 Å². The molecule has 1 aromatic carbocycles. The number of carbonyl (C=O) groups is 3. The third kappa shape index (κ3) is 5.91. The summed E-state index contributed by atoms with van der Waals surface area (Å²) in [6.45, 7) is 4.87. The smallest absolute Gasteiger partial charge is 0.411 e. The quantitative estimate of drug-likeness (QED) is 0.340. The SMILES string of the molecule is CC(=O)Nc1ncc(C(=O)Nc2ccc(Cl)c(-c3cn4cc(NC(=O)OC(C)C)cnc4n3)c2)s1. The van der Waals surface area contributed by atoms with Crippen molar-refractivity contribution in [2.45, 2.75) is 26.9 Å². The number of hydrogen-bond donors (Lipinski definition) is 3. The van der Waals surface area contributed by atoms with E-state index in [0.717, 1.165) is 11.3 Å². The molecule has 4 rings (SSSR count). The number of nitrogens with zero attached hydrogens (tertiary/aromatic N) is 4. The molecular formula is C22H20ClN7O4S. The van der Waals surface area contributed by atoms with Crippen LogP contribution >= 0.6 is 22.9 Å². The summed E-state index contributed by atoms with van der Waals surface area (Å²) in [4.78, 5) is 48.7. The molecule has 0 spiro atoms. The lowest BCUT2D eigenvalue weighted by Crippen LogP contribution is -2.18. The summed E-state index contributed by atoms with van der Waals surface area (Å²) in [5, 5.41) is 8.71. The summed E-state index contributed by atoms with van der Waals surface area (Å²) in [5.41, 5.74) is 2.02. The number of carbonyl (C=O) groups excluding carboxylic acids is 3. The number of imidazole rings is 1. The third-order valence-corrected chi connectivity index (χ3v) is 5.65. The first-order valence-corrected chi connectivity index (χ1v) is 11.5. The normalized spacial score (nSPS) is 10.9. The van der Waals surface area contributed by atoms with Crippen molar-refractivity contribution in [1.82, 2.24) is 19.4 Å². The summed E-state index contributed by atoms with van der Waals surface area (Å²) in [7, 11) is 0. The van der Waals surface area contributed by atoms with E-state index in [9.17, 15) is 14.4 Å². The molecule has 13 heteroatoms. The number of hydrogen-bond acceptors (Lipinski definition) is 8. The zero-order chi connectivity index (χ0) is 25.1. The number of aromatic nitrogens is 4. The van der Waals surface area contributed by atoms with E-state index in [2.05, 4.69) is 30.9 Å². The minimum atomic E-state index is -0.585. The van der Waals surface area contributed by atoms with Gasteiger partial charge in [0.15, 0.2) is 5.13 Å². The van der Waals surface area contributed by atoms with Crippen molar-refractivity contribution in [3.05, 3.63) is 52.9 Å². The Morgan fingerprint density at radius 2 is 1.86 bits per heavy atom. The number of anilines is 3. The fourth-order valence-electron chi connectivity index (χ4n) is 3.02. The zero-order valence-electron chi connectivity index (χ0n) is 18.8. The van der Waals surface area contributed by atoms with Crippen molar-refractivity contribution in [2.24, 2.45) is 0 Å². The van der Waals surface area contributed by atoms with Crippen LogP contribution in [0, 0.1) is 0 Å². The number of halogens is 1. The molecule has 0 unspecified atom stereocenters. The van der Waals surface area contributed by atoms with E-state index in [-0.39, 0.29) is 17.9 Å². The van der Waals surface area contributed by atoms with Gasteiger partial charge in [-0.25, -0.2) is 19.7 Å². The molecule has 11 nitrogen and oxygen atoms in total. The summed E-state index contributed by atoms with van der Waals surface area (Å²) in [6.07, 6.45) is 5.37. The molecule has 0 aliphatic carbocycles.